The molecule has 27 heavy (non-hydrogen) atoms. The molecule has 1 amide bonds. The van der Waals surface area contributed by atoms with Crippen LogP contribution in [0.3, 0.4) is 0 Å². The number of carbonyl (C=O) groups excluding carboxylic acids is 1. The van der Waals surface area contributed by atoms with E-state index in [2.05, 4.69) is 5.32 Å². The topological polar surface area (TPSA) is 109 Å². The molecule has 2 aromatic rings. The highest BCUT2D eigenvalue weighted by molar-refractivity contribution is 5.79. The maximum absolute atomic E-state index is 12.1. The van der Waals surface area contributed by atoms with E-state index in [1.165, 1.54) is 0 Å². The number of nitrogen functional groups attached to an aromatic ring is 1. The summed E-state index contributed by atoms with van der Waals surface area (Å²) < 4.78 is 16.1. The third kappa shape index (κ3) is 5.27. The smallest absolute Gasteiger partial charge is 0.231 e. The largest absolute Gasteiger partial charge is 0.490 e. The monoisotopic (exact) mass is 371 g/mol. The fraction of sp³-hybridized carbons (Fsp3) is 0.350. The molecule has 0 saturated carbocycles. The number of hydrogen-bond acceptors (Lipinski definition) is 6. The first kappa shape index (κ1) is 18.8. The lowest BCUT2D eigenvalue weighted by molar-refractivity contribution is -0.120. The van der Waals surface area contributed by atoms with Crippen molar-refractivity contribution in [3.8, 4) is 17.2 Å². The van der Waals surface area contributed by atoms with Crippen LogP contribution < -0.4 is 31.0 Å². The number of nitrogens with one attached hydrogen (secondary N) is 1. The Bertz CT molecular complexity index is 795. The molecule has 0 spiro atoms. The van der Waals surface area contributed by atoms with Crippen LogP contribution in [0.15, 0.2) is 36.4 Å². The van der Waals surface area contributed by atoms with Gasteiger partial charge in [0.2, 0.25) is 12.7 Å². The van der Waals surface area contributed by atoms with Crippen LogP contribution in [-0.2, 0) is 17.6 Å². The zero-order valence-electron chi connectivity index (χ0n) is 15.2. The van der Waals surface area contributed by atoms with Gasteiger partial charge in [0, 0.05) is 13.1 Å². The van der Waals surface area contributed by atoms with E-state index in [1.807, 2.05) is 24.3 Å². The number of benzene rings is 2. The Labute approximate surface area is 158 Å². The second-order valence-corrected chi connectivity index (χ2v) is 6.33. The van der Waals surface area contributed by atoms with Crippen molar-refractivity contribution in [1.82, 2.24) is 5.32 Å². The van der Waals surface area contributed by atoms with Gasteiger partial charge in [0.25, 0.3) is 0 Å². The number of amides is 1. The Hall–Kier alpha value is -2.93. The second-order valence-electron chi connectivity index (χ2n) is 6.33. The molecule has 144 valence electrons. The van der Waals surface area contributed by atoms with Gasteiger partial charge >= 0.3 is 0 Å². The van der Waals surface area contributed by atoms with E-state index in [0.717, 1.165) is 35.5 Å². The van der Waals surface area contributed by atoms with E-state index in [4.69, 9.17) is 25.7 Å². The van der Waals surface area contributed by atoms with Crippen molar-refractivity contribution in [2.24, 2.45) is 5.73 Å². The fourth-order valence-electron chi connectivity index (χ4n) is 2.87. The molecule has 2 aromatic carbocycles. The van der Waals surface area contributed by atoms with Crippen LogP contribution in [0.2, 0.25) is 0 Å². The van der Waals surface area contributed by atoms with Crippen LogP contribution in [0, 0.1) is 0 Å². The molecule has 7 heteroatoms. The summed E-state index contributed by atoms with van der Waals surface area (Å²) >= 11 is 0. The van der Waals surface area contributed by atoms with Crippen LogP contribution in [0.5, 0.6) is 17.2 Å². The van der Waals surface area contributed by atoms with Crippen molar-refractivity contribution >= 4 is 11.6 Å². The Morgan fingerprint density at radius 2 is 1.93 bits per heavy atom. The molecule has 3 rings (SSSR count). The lowest BCUT2D eigenvalue weighted by Crippen LogP contribution is -2.26. The third-order valence-corrected chi connectivity index (χ3v) is 4.22. The molecule has 0 radical (unpaired) electrons. The predicted octanol–water partition coefficient (Wildman–Crippen LogP) is 1.63. The molecular weight excluding hydrogens is 346 g/mol. The number of aryl methyl sites for hydroxylation is 1. The van der Waals surface area contributed by atoms with Crippen molar-refractivity contribution in [1.29, 1.82) is 0 Å². The Morgan fingerprint density at radius 3 is 2.74 bits per heavy atom. The maximum atomic E-state index is 12.1. The van der Waals surface area contributed by atoms with Crippen molar-refractivity contribution in [3.63, 3.8) is 0 Å². The summed E-state index contributed by atoms with van der Waals surface area (Å²) in [6, 6.07) is 11.3. The van der Waals surface area contributed by atoms with Crippen LogP contribution >= 0.6 is 0 Å². The van der Waals surface area contributed by atoms with Gasteiger partial charge in [-0.2, -0.15) is 0 Å². The van der Waals surface area contributed by atoms with Crippen LogP contribution in [0.1, 0.15) is 17.5 Å². The molecule has 1 aliphatic rings. The Morgan fingerprint density at radius 1 is 1.11 bits per heavy atom. The van der Waals surface area contributed by atoms with Gasteiger partial charge in [-0.05, 0) is 48.2 Å². The van der Waals surface area contributed by atoms with Gasteiger partial charge in [-0.15, -0.1) is 0 Å². The lowest BCUT2D eigenvalue weighted by atomic mass is 10.1. The summed E-state index contributed by atoms with van der Waals surface area (Å²) in [4.78, 5) is 12.1. The first-order valence-corrected chi connectivity index (χ1v) is 9.02. The van der Waals surface area contributed by atoms with E-state index in [9.17, 15) is 4.79 Å². The van der Waals surface area contributed by atoms with Crippen molar-refractivity contribution in [3.05, 3.63) is 47.5 Å². The van der Waals surface area contributed by atoms with Crippen molar-refractivity contribution < 1.29 is 19.0 Å². The molecule has 0 fully saturated rings. The van der Waals surface area contributed by atoms with E-state index in [1.54, 1.807) is 12.1 Å². The van der Waals surface area contributed by atoms with E-state index in [-0.39, 0.29) is 19.1 Å². The first-order valence-electron chi connectivity index (χ1n) is 9.02. The minimum absolute atomic E-state index is 0.0317. The van der Waals surface area contributed by atoms with Gasteiger partial charge in [0.15, 0.2) is 11.5 Å². The zero-order chi connectivity index (χ0) is 19.1. The van der Waals surface area contributed by atoms with Crippen LogP contribution in [-0.4, -0.2) is 32.4 Å². The molecule has 0 unspecified atom stereocenters. The molecule has 0 aromatic heterocycles. The highest BCUT2D eigenvalue weighted by Gasteiger charge is 2.13. The standard InChI is InChI=1S/C20H25N3O4/c21-7-9-25-17-5-4-15(10-16(17)22)12-20(24)23-8-1-2-14-3-6-18-19(11-14)27-13-26-18/h3-6,10-11H,1-2,7-9,12-13,21-22H2,(H,23,24). The van der Waals surface area contributed by atoms with Gasteiger partial charge in [0.05, 0.1) is 12.1 Å². The molecule has 0 saturated heterocycles. The normalized spacial score (nSPS) is 12.0. The quantitative estimate of drug-likeness (QED) is 0.457. The number of fused-ring (bicyclic) bond motifs is 1. The number of carbonyl (C=O) groups is 1. The molecule has 0 aliphatic carbocycles. The van der Waals surface area contributed by atoms with Gasteiger partial charge in [-0.1, -0.05) is 12.1 Å². The van der Waals surface area contributed by atoms with Crippen molar-refractivity contribution in [2.75, 3.05) is 32.2 Å². The predicted molar refractivity (Wildman–Crippen MR) is 103 cm³/mol. The molecule has 0 atom stereocenters. The molecular formula is C20H25N3O4. The van der Waals surface area contributed by atoms with Gasteiger partial charge in [-0.3, -0.25) is 4.79 Å². The molecule has 1 heterocycles. The van der Waals surface area contributed by atoms with Gasteiger partial charge in [-0.25, -0.2) is 0 Å². The van der Waals surface area contributed by atoms with E-state index < -0.39 is 0 Å². The number of ether oxygens (including phenoxy) is 3. The number of anilines is 1. The molecule has 0 bridgehead atoms. The Balaban J connectivity index is 1.40. The van der Waals surface area contributed by atoms with Gasteiger partial charge in [0.1, 0.15) is 12.4 Å². The summed E-state index contributed by atoms with van der Waals surface area (Å²) in [7, 11) is 0. The number of hydrogen-bond donors (Lipinski definition) is 3. The maximum Gasteiger partial charge on any atom is 0.231 e. The van der Waals surface area contributed by atoms with Crippen LogP contribution in [0.4, 0.5) is 5.69 Å². The summed E-state index contributed by atoms with van der Waals surface area (Å²) in [5.74, 6) is 2.13. The molecule has 1 aliphatic heterocycles. The third-order valence-electron chi connectivity index (χ3n) is 4.22. The minimum Gasteiger partial charge on any atom is -0.490 e. The number of nitrogens with two attached hydrogens (primary N) is 2. The highest BCUT2D eigenvalue weighted by Crippen LogP contribution is 2.32. The SMILES string of the molecule is NCCOc1ccc(CC(=O)NCCCc2ccc3c(c2)OCO3)cc1N. The minimum atomic E-state index is -0.0317. The summed E-state index contributed by atoms with van der Waals surface area (Å²) in [6.07, 6.45) is 1.99. The van der Waals surface area contributed by atoms with E-state index in [0.29, 0.717) is 31.1 Å². The number of rotatable bonds is 9. The summed E-state index contributed by atoms with van der Waals surface area (Å²) in [5, 5.41) is 2.94. The average Bonchev–Trinajstić information content (AvgIpc) is 3.12. The molecule has 5 N–H and O–H groups in total. The molecule has 7 nitrogen and oxygen atoms in total. The summed E-state index contributed by atoms with van der Waals surface area (Å²) in [6.45, 7) is 1.73. The highest BCUT2D eigenvalue weighted by atomic mass is 16.7. The Kier molecular flexibility index (Phi) is 6.38. The summed E-state index contributed by atoms with van der Waals surface area (Å²) in [5.41, 5.74) is 13.9. The van der Waals surface area contributed by atoms with Gasteiger partial charge < -0.3 is 31.0 Å². The van der Waals surface area contributed by atoms with Crippen molar-refractivity contribution in [2.45, 2.75) is 19.3 Å². The first-order chi connectivity index (χ1) is 13.2. The average molecular weight is 371 g/mol. The van der Waals surface area contributed by atoms with Crippen LogP contribution in [0.25, 0.3) is 0 Å². The fourth-order valence-corrected chi connectivity index (χ4v) is 2.87. The van der Waals surface area contributed by atoms with E-state index >= 15 is 0 Å². The lowest BCUT2D eigenvalue weighted by Gasteiger charge is -2.10. The second kappa shape index (κ2) is 9.14. The zero-order valence-corrected chi connectivity index (χ0v) is 15.2.